The van der Waals surface area contributed by atoms with Crippen molar-refractivity contribution in [3.05, 3.63) is 23.5 Å². The number of imidazole rings is 1. The molecule has 1 N–H and O–H groups in total. The second-order valence-corrected chi connectivity index (χ2v) is 6.48. The Morgan fingerprint density at radius 2 is 2.24 bits per heavy atom. The molecule has 2 unspecified atom stereocenters. The van der Waals surface area contributed by atoms with Gasteiger partial charge in [-0.15, -0.1) is 11.3 Å². The molecule has 2 atom stereocenters. The van der Waals surface area contributed by atoms with Gasteiger partial charge in [-0.2, -0.15) is 0 Å². The lowest BCUT2D eigenvalue weighted by Crippen LogP contribution is -2.68. The Hall–Kier alpha value is -1.89. The molecule has 0 aliphatic carbocycles. The molecule has 0 saturated carbocycles. The summed E-state index contributed by atoms with van der Waals surface area (Å²) < 4.78 is 1.93. The summed E-state index contributed by atoms with van der Waals surface area (Å²) >= 11 is 1.55. The zero-order valence-corrected chi connectivity index (χ0v) is 13.1. The average molecular weight is 306 g/mol. The summed E-state index contributed by atoms with van der Waals surface area (Å²) in [7, 11) is 0. The Kier molecular flexibility index (Phi) is 3.24. The number of rotatable bonds is 3. The predicted octanol–water partition coefficient (Wildman–Crippen LogP) is 1.41. The highest BCUT2D eigenvalue weighted by Crippen LogP contribution is 2.23. The molecule has 0 aromatic carbocycles. The van der Waals surface area contributed by atoms with Crippen molar-refractivity contribution in [3.63, 3.8) is 0 Å². The molecule has 2 amide bonds. The number of amides is 2. The Bertz CT molecular complexity index is 678. The van der Waals surface area contributed by atoms with Gasteiger partial charge in [-0.25, -0.2) is 4.98 Å². The molecule has 7 heteroatoms. The minimum atomic E-state index is -0.819. The van der Waals surface area contributed by atoms with Crippen molar-refractivity contribution in [2.75, 3.05) is 0 Å². The fourth-order valence-corrected chi connectivity index (χ4v) is 3.26. The van der Waals surface area contributed by atoms with Crippen LogP contribution < -0.4 is 5.32 Å². The van der Waals surface area contributed by atoms with Crippen LogP contribution in [0.25, 0.3) is 4.96 Å². The van der Waals surface area contributed by atoms with Crippen LogP contribution in [0.3, 0.4) is 0 Å². The number of nitrogens with zero attached hydrogens (tertiary/aromatic N) is 3. The third-order valence-electron chi connectivity index (χ3n) is 4.16. The number of carbonyl (C=O) groups is 2. The second-order valence-electron chi connectivity index (χ2n) is 5.61. The van der Waals surface area contributed by atoms with Crippen molar-refractivity contribution in [3.8, 4) is 0 Å². The van der Waals surface area contributed by atoms with E-state index in [9.17, 15) is 9.59 Å². The molecule has 0 radical (unpaired) electrons. The molecule has 1 saturated heterocycles. The number of aromatic nitrogens is 2. The molecule has 3 heterocycles. The maximum Gasteiger partial charge on any atom is 0.249 e. The van der Waals surface area contributed by atoms with Crippen LogP contribution in [0.4, 0.5) is 0 Å². The summed E-state index contributed by atoms with van der Waals surface area (Å²) in [4.78, 5) is 31.8. The highest BCUT2D eigenvalue weighted by Gasteiger charge is 2.45. The molecule has 1 fully saturated rings. The van der Waals surface area contributed by atoms with Crippen molar-refractivity contribution < 1.29 is 9.59 Å². The molecule has 0 bridgehead atoms. The number of thiazole rings is 1. The van der Waals surface area contributed by atoms with E-state index in [-0.39, 0.29) is 11.8 Å². The normalized spacial score (nSPS) is 26.4. The maximum atomic E-state index is 12.7. The van der Waals surface area contributed by atoms with Crippen LogP contribution >= 0.6 is 11.3 Å². The van der Waals surface area contributed by atoms with Gasteiger partial charge >= 0.3 is 0 Å². The fraction of sp³-hybridized carbons (Fsp3) is 0.500. The Morgan fingerprint density at radius 3 is 2.90 bits per heavy atom. The van der Waals surface area contributed by atoms with E-state index in [1.807, 2.05) is 29.1 Å². The van der Waals surface area contributed by atoms with E-state index in [0.29, 0.717) is 13.0 Å². The first-order valence-electron chi connectivity index (χ1n) is 6.99. The van der Waals surface area contributed by atoms with Gasteiger partial charge in [0.15, 0.2) is 4.96 Å². The fourth-order valence-electron chi connectivity index (χ4n) is 2.54. The number of piperazine rings is 1. The molecule has 2 aromatic rings. The van der Waals surface area contributed by atoms with Gasteiger partial charge in [0, 0.05) is 17.8 Å². The molecule has 21 heavy (non-hydrogen) atoms. The van der Waals surface area contributed by atoms with Gasteiger partial charge in [-0.3, -0.25) is 14.0 Å². The lowest BCUT2D eigenvalue weighted by Gasteiger charge is -2.42. The van der Waals surface area contributed by atoms with Crippen LogP contribution in [-0.2, 0) is 16.1 Å². The Labute approximate surface area is 126 Å². The maximum absolute atomic E-state index is 12.7. The van der Waals surface area contributed by atoms with Crippen molar-refractivity contribution in [2.45, 2.75) is 45.3 Å². The Morgan fingerprint density at radius 1 is 1.48 bits per heavy atom. The van der Waals surface area contributed by atoms with Crippen LogP contribution in [0.2, 0.25) is 0 Å². The standard InChI is InChI=1S/C14H18N4O2S/c1-4-14(3)12(20)18(9(2)11(19)16-14)8-10-7-17-5-6-21-13(17)15-10/h5-7,9H,4,8H2,1-3H3,(H,16,19). The summed E-state index contributed by atoms with van der Waals surface area (Å²) in [6, 6.07) is -0.475. The third kappa shape index (κ3) is 2.21. The zero-order chi connectivity index (χ0) is 15.2. The molecule has 112 valence electrons. The topological polar surface area (TPSA) is 66.7 Å². The number of carbonyl (C=O) groups excluding carboxylic acids is 2. The van der Waals surface area contributed by atoms with Gasteiger partial charge in [-0.05, 0) is 20.3 Å². The van der Waals surface area contributed by atoms with Crippen LogP contribution in [-0.4, -0.2) is 37.7 Å². The van der Waals surface area contributed by atoms with E-state index in [2.05, 4.69) is 10.3 Å². The first kappa shape index (κ1) is 14.1. The van der Waals surface area contributed by atoms with Crippen LogP contribution in [0.1, 0.15) is 32.9 Å². The summed E-state index contributed by atoms with van der Waals surface area (Å²) in [5.74, 6) is -0.159. The van der Waals surface area contributed by atoms with E-state index in [4.69, 9.17) is 0 Å². The van der Waals surface area contributed by atoms with E-state index in [0.717, 1.165) is 10.7 Å². The smallest absolute Gasteiger partial charge is 0.249 e. The molecular weight excluding hydrogens is 288 g/mol. The largest absolute Gasteiger partial charge is 0.340 e. The average Bonchev–Trinajstić information content (AvgIpc) is 3.02. The first-order valence-corrected chi connectivity index (χ1v) is 7.87. The van der Waals surface area contributed by atoms with Gasteiger partial charge < -0.3 is 10.2 Å². The minimum Gasteiger partial charge on any atom is -0.340 e. The summed E-state index contributed by atoms with van der Waals surface area (Å²) in [5, 5.41) is 4.79. The van der Waals surface area contributed by atoms with Crippen molar-refractivity contribution in [1.29, 1.82) is 0 Å². The van der Waals surface area contributed by atoms with E-state index >= 15 is 0 Å². The van der Waals surface area contributed by atoms with Gasteiger partial charge in [0.1, 0.15) is 11.6 Å². The molecule has 0 spiro atoms. The monoisotopic (exact) mass is 306 g/mol. The first-order chi connectivity index (χ1) is 9.94. The van der Waals surface area contributed by atoms with Gasteiger partial charge in [0.25, 0.3) is 0 Å². The summed E-state index contributed by atoms with van der Waals surface area (Å²) in [6.07, 6.45) is 4.40. The molecule has 3 rings (SSSR count). The molecular formula is C14H18N4O2S. The van der Waals surface area contributed by atoms with Crippen molar-refractivity contribution in [1.82, 2.24) is 19.6 Å². The van der Waals surface area contributed by atoms with E-state index < -0.39 is 11.6 Å². The van der Waals surface area contributed by atoms with Gasteiger partial charge in [0.05, 0.1) is 12.2 Å². The zero-order valence-electron chi connectivity index (χ0n) is 12.3. The quantitative estimate of drug-likeness (QED) is 0.932. The second kappa shape index (κ2) is 4.84. The van der Waals surface area contributed by atoms with Crippen LogP contribution in [0, 0.1) is 0 Å². The minimum absolute atomic E-state index is 0.0477. The number of hydrogen-bond acceptors (Lipinski definition) is 4. The third-order valence-corrected chi connectivity index (χ3v) is 4.93. The highest BCUT2D eigenvalue weighted by atomic mass is 32.1. The van der Waals surface area contributed by atoms with Crippen molar-refractivity contribution in [2.24, 2.45) is 0 Å². The SMILES string of the molecule is CCC1(C)NC(=O)C(C)N(Cc2cn3ccsc3n2)C1=O. The van der Waals surface area contributed by atoms with Crippen LogP contribution in [0.5, 0.6) is 0 Å². The molecule has 1 aliphatic rings. The van der Waals surface area contributed by atoms with Gasteiger partial charge in [0.2, 0.25) is 11.8 Å². The van der Waals surface area contributed by atoms with Crippen LogP contribution in [0.15, 0.2) is 17.8 Å². The molecule has 2 aromatic heterocycles. The van der Waals surface area contributed by atoms with E-state index in [1.165, 1.54) is 0 Å². The summed E-state index contributed by atoms with van der Waals surface area (Å²) in [6.45, 7) is 5.79. The Balaban J connectivity index is 1.89. The molecule has 1 aliphatic heterocycles. The number of nitrogens with one attached hydrogen (secondary N) is 1. The number of fused-ring (bicyclic) bond motifs is 1. The van der Waals surface area contributed by atoms with Gasteiger partial charge in [-0.1, -0.05) is 6.92 Å². The highest BCUT2D eigenvalue weighted by molar-refractivity contribution is 7.15. The lowest BCUT2D eigenvalue weighted by atomic mass is 9.92. The summed E-state index contributed by atoms with van der Waals surface area (Å²) in [5.41, 5.74) is -0.0176. The number of hydrogen-bond donors (Lipinski definition) is 1. The van der Waals surface area contributed by atoms with Crippen molar-refractivity contribution >= 4 is 28.1 Å². The molecule has 6 nitrogen and oxygen atoms in total. The lowest BCUT2D eigenvalue weighted by molar-refractivity contribution is -0.154. The van der Waals surface area contributed by atoms with E-state index in [1.54, 1.807) is 30.1 Å². The predicted molar refractivity (Wildman–Crippen MR) is 79.9 cm³/mol.